The number of halogens is 2. The lowest BCUT2D eigenvalue weighted by Gasteiger charge is -2.04. The van der Waals surface area contributed by atoms with E-state index in [1.807, 2.05) is 0 Å². The molecule has 1 N–H and O–H groups in total. The third kappa shape index (κ3) is 2.05. The minimum atomic E-state index is -0.636. The molecule has 0 aromatic heterocycles. The zero-order valence-corrected chi connectivity index (χ0v) is 8.19. The van der Waals surface area contributed by atoms with Gasteiger partial charge in [0.25, 0.3) is 0 Å². The molecular weight excluding hydrogens is 215 g/mol. The number of ether oxygens (including phenoxy) is 1. The van der Waals surface area contributed by atoms with E-state index >= 15 is 0 Å². The van der Waals surface area contributed by atoms with Gasteiger partial charge in [-0.2, -0.15) is 0 Å². The number of esters is 1. The molecular formula is C8H6Cl2O3. The van der Waals surface area contributed by atoms with Crippen molar-refractivity contribution in [2.24, 2.45) is 0 Å². The van der Waals surface area contributed by atoms with Crippen LogP contribution in [-0.4, -0.2) is 18.2 Å². The SMILES string of the molecule is COC(=O)c1cc(O)cc(Cl)c1Cl. The summed E-state index contributed by atoms with van der Waals surface area (Å²) in [5, 5.41) is 9.30. The lowest BCUT2D eigenvalue weighted by Crippen LogP contribution is -2.01. The van der Waals surface area contributed by atoms with E-state index in [-0.39, 0.29) is 21.4 Å². The second-order valence-corrected chi connectivity index (χ2v) is 3.07. The van der Waals surface area contributed by atoms with Crippen LogP contribution < -0.4 is 0 Å². The Balaban J connectivity index is 3.28. The Morgan fingerprint density at radius 2 is 2.08 bits per heavy atom. The van der Waals surface area contributed by atoms with E-state index in [9.17, 15) is 4.79 Å². The van der Waals surface area contributed by atoms with Gasteiger partial charge in [0.2, 0.25) is 0 Å². The van der Waals surface area contributed by atoms with Gasteiger partial charge < -0.3 is 9.84 Å². The van der Waals surface area contributed by atoms with Crippen LogP contribution in [0.1, 0.15) is 10.4 Å². The lowest BCUT2D eigenvalue weighted by atomic mass is 10.2. The summed E-state index contributed by atoms with van der Waals surface area (Å²) < 4.78 is 4.43. The molecule has 0 spiro atoms. The summed E-state index contributed by atoms with van der Waals surface area (Å²) in [5.41, 5.74) is 0.0502. The van der Waals surface area contributed by atoms with Gasteiger partial charge in [-0.05, 0) is 6.07 Å². The summed E-state index contributed by atoms with van der Waals surface area (Å²) in [4.78, 5) is 11.1. The number of phenols is 1. The van der Waals surface area contributed by atoms with Crippen molar-refractivity contribution >= 4 is 29.2 Å². The molecule has 0 fully saturated rings. The van der Waals surface area contributed by atoms with Crippen molar-refractivity contribution in [2.75, 3.05) is 7.11 Å². The lowest BCUT2D eigenvalue weighted by molar-refractivity contribution is 0.0600. The zero-order chi connectivity index (χ0) is 10.0. The average molecular weight is 221 g/mol. The fourth-order valence-electron chi connectivity index (χ4n) is 0.833. The molecule has 0 amide bonds. The molecule has 0 heterocycles. The van der Waals surface area contributed by atoms with Gasteiger partial charge in [-0.3, -0.25) is 0 Å². The van der Waals surface area contributed by atoms with Crippen LogP contribution in [0.4, 0.5) is 0 Å². The molecule has 0 radical (unpaired) electrons. The second-order valence-electron chi connectivity index (χ2n) is 2.28. The van der Waals surface area contributed by atoms with Crippen molar-refractivity contribution in [3.8, 4) is 5.75 Å². The van der Waals surface area contributed by atoms with Gasteiger partial charge in [-0.15, -0.1) is 0 Å². The predicted molar refractivity (Wildman–Crippen MR) is 49.5 cm³/mol. The minimum Gasteiger partial charge on any atom is -0.508 e. The van der Waals surface area contributed by atoms with E-state index in [4.69, 9.17) is 28.3 Å². The number of carbonyl (C=O) groups excluding carboxylic acids is 1. The smallest absolute Gasteiger partial charge is 0.339 e. The number of phenolic OH excluding ortho intramolecular Hbond substituents is 1. The van der Waals surface area contributed by atoms with Gasteiger partial charge in [0.1, 0.15) is 5.75 Å². The number of methoxy groups -OCH3 is 1. The van der Waals surface area contributed by atoms with Crippen LogP contribution in [0, 0.1) is 0 Å². The van der Waals surface area contributed by atoms with E-state index in [1.165, 1.54) is 19.2 Å². The van der Waals surface area contributed by atoms with Gasteiger partial charge in [0.05, 0.1) is 22.7 Å². The highest BCUT2D eigenvalue weighted by atomic mass is 35.5. The van der Waals surface area contributed by atoms with Crippen LogP contribution in [0.5, 0.6) is 5.75 Å². The normalized spacial score (nSPS) is 9.77. The Hall–Kier alpha value is -0.930. The first-order valence-corrected chi connectivity index (χ1v) is 4.08. The fraction of sp³-hybridized carbons (Fsp3) is 0.125. The van der Waals surface area contributed by atoms with Crippen LogP contribution in [0.3, 0.4) is 0 Å². The molecule has 0 aliphatic rings. The Morgan fingerprint density at radius 1 is 1.46 bits per heavy atom. The first kappa shape index (κ1) is 10.2. The van der Waals surface area contributed by atoms with Crippen molar-refractivity contribution in [3.05, 3.63) is 27.7 Å². The molecule has 13 heavy (non-hydrogen) atoms. The summed E-state index contributed by atoms with van der Waals surface area (Å²) in [5.74, 6) is -0.766. The van der Waals surface area contributed by atoms with E-state index in [1.54, 1.807) is 0 Å². The minimum absolute atomic E-state index is 0.0502. The quantitative estimate of drug-likeness (QED) is 0.741. The second kappa shape index (κ2) is 3.85. The van der Waals surface area contributed by atoms with Gasteiger partial charge in [-0.25, -0.2) is 4.79 Å². The van der Waals surface area contributed by atoms with Crippen LogP contribution in [-0.2, 0) is 4.74 Å². The predicted octanol–water partition coefficient (Wildman–Crippen LogP) is 2.49. The van der Waals surface area contributed by atoms with E-state index in [0.29, 0.717) is 0 Å². The standard InChI is InChI=1S/C8H6Cl2O3/c1-13-8(12)5-2-4(11)3-6(9)7(5)10/h2-3,11H,1H3. The van der Waals surface area contributed by atoms with Crippen molar-refractivity contribution in [1.29, 1.82) is 0 Å². The molecule has 0 atom stereocenters. The number of benzene rings is 1. The summed E-state index contributed by atoms with van der Waals surface area (Å²) in [7, 11) is 1.22. The van der Waals surface area contributed by atoms with Crippen LogP contribution in [0.25, 0.3) is 0 Å². The Bertz CT molecular complexity index is 349. The summed E-state index contributed by atoms with van der Waals surface area (Å²) >= 11 is 11.3. The highest BCUT2D eigenvalue weighted by Crippen LogP contribution is 2.30. The highest BCUT2D eigenvalue weighted by molar-refractivity contribution is 6.43. The number of hydrogen-bond acceptors (Lipinski definition) is 3. The van der Waals surface area contributed by atoms with Crippen molar-refractivity contribution < 1.29 is 14.6 Å². The molecule has 1 aromatic carbocycles. The van der Waals surface area contributed by atoms with E-state index in [2.05, 4.69) is 4.74 Å². The third-order valence-electron chi connectivity index (χ3n) is 1.42. The van der Waals surface area contributed by atoms with E-state index in [0.717, 1.165) is 0 Å². The Morgan fingerprint density at radius 3 is 2.62 bits per heavy atom. The highest BCUT2D eigenvalue weighted by Gasteiger charge is 2.14. The molecule has 3 nitrogen and oxygen atoms in total. The van der Waals surface area contributed by atoms with Crippen molar-refractivity contribution in [3.63, 3.8) is 0 Å². The zero-order valence-electron chi connectivity index (χ0n) is 6.67. The Labute approximate surface area is 84.8 Å². The molecule has 0 unspecified atom stereocenters. The molecule has 1 rings (SSSR count). The fourth-order valence-corrected chi connectivity index (χ4v) is 1.23. The molecule has 70 valence electrons. The third-order valence-corrected chi connectivity index (χ3v) is 2.22. The number of hydrogen-bond donors (Lipinski definition) is 1. The maximum Gasteiger partial charge on any atom is 0.339 e. The van der Waals surface area contributed by atoms with Crippen molar-refractivity contribution in [2.45, 2.75) is 0 Å². The van der Waals surface area contributed by atoms with E-state index < -0.39 is 5.97 Å². The average Bonchev–Trinajstić information content (AvgIpc) is 2.10. The largest absolute Gasteiger partial charge is 0.508 e. The molecule has 0 aliphatic carbocycles. The summed E-state index contributed by atoms with van der Waals surface area (Å²) in [6, 6.07) is 2.44. The van der Waals surface area contributed by atoms with Gasteiger partial charge >= 0.3 is 5.97 Å². The molecule has 0 bridgehead atoms. The van der Waals surface area contributed by atoms with Crippen molar-refractivity contribution in [1.82, 2.24) is 0 Å². The van der Waals surface area contributed by atoms with Crippen LogP contribution in [0.15, 0.2) is 12.1 Å². The first-order chi connectivity index (χ1) is 6.06. The number of rotatable bonds is 1. The molecule has 0 saturated carbocycles. The van der Waals surface area contributed by atoms with Crippen LogP contribution in [0.2, 0.25) is 10.0 Å². The maximum atomic E-state index is 11.1. The summed E-state index contributed by atoms with van der Waals surface area (Å²) in [6.07, 6.45) is 0. The number of aromatic hydroxyl groups is 1. The molecule has 1 aromatic rings. The van der Waals surface area contributed by atoms with Gasteiger partial charge in [0.15, 0.2) is 0 Å². The first-order valence-electron chi connectivity index (χ1n) is 3.32. The molecule has 0 saturated heterocycles. The number of carbonyl (C=O) groups is 1. The molecule has 5 heteroatoms. The maximum absolute atomic E-state index is 11.1. The monoisotopic (exact) mass is 220 g/mol. The molecule has 0 aliphatic heterocycles. The Kier molecular flexibility index (Phi) is 3.01. The topological polar surface area (TPSA) is 46.5 Å². The van der Waals surface area contributed by atoms with Crippen LogP contribution >= 0.6 is 23.2 Å². The summed E-state index contributed by atoms with van der Waals surface area (Å²) in [6.45, 7) is 0. The van der Waals surface area contributed by atoms with Gasteiger partial charge in [-0.1, -0.05) is 23.2 Å². The van der Waals surface area contributed by atoms with Gasteiger partial charge in [0, 0.05) is 6.07 Å².